The van der Waals surface area contributed by atoms with Crippen LogP contribution in [0.4, 0.5) is 0 Å². The number of aryl methyl sites for hydroxylation is 1. The SMILES string of the molecule is CN(C(=O)Cc1nn(C)c(=O)c2ccccc12)C1CCNC1. The number of carbonyl (C=O) groups is 1. The molecule has 1 atom stereocenters. The number of nitrogens with one attached hydrogen (secondary N) is 1. The van der Waals surface area contributed by atoms with Gasteiger partial charge in [0.15, 0.2) is 0 Å². The Labute approximate surface area is 128 Å². The minimum atomic E-state index is -0.139. The number of rotatable bonds is 3. The number of carbonyl (C=O) groups excluding carboxylic acids is 1. The average molecular weight is 300 g/mol. The predicted octanol–water partition coefficient (Wildman–Crippen LogP) is 0.296. The topological polar surface area (TPSA) is 67.2 Å². The van der Waals surface area contributed by atoms with Crippen LogP contribution in [0.15, 0.2) is 29.1 Å². The second kappa shape index (κ2) is 5.88. The normalized spacial score (nSPS) is 17.8. The van der Waals surface area contributed by atoms with Gasteiger partial charge in [-0.2, -0.15) is 5.10 Å². The first-order valence-electron chi connectivity index (χ1n) is 7.49. The molecule has 1 aliphatic rings. The van der Waals surface area contributed by atoms with E-state index in [0.717, 1.165) is 24.9 Å². The molecule has 0 spiro atoms. The molecular formula is C16H20N4O2. The van der Waals surface area contributed by atoms with Crippen LogP contribution < -0.4 is 10.9 Å². The summed E-state index contributed by atoms with van der Waals surface area (Å²) in [6.07, 6.45) is 1.19. The van der Waals surface area contributed by atoms with E-state index in [1.165, 1.54) is 4.68 Å². The van der Waals surface area contributed by atoms with Crippen molar-refractivity contribution in [1.82, 2.24) is 20.0 Å². The van der Waals surface area contributed by atoms with E-state index >= 15 is 0 Å². The molecule has 0 saturated carbocycles. The van der Waals surface area contributed by atoms with E-state index in [1.807, 2.05) is 25.2 Å². The maximum absolute atomic E-state index is 12.5. The van der Waals surface area contributed by atoms with E-state index in [4.69, 9.17) is 0 Å². The van der Waals surface area contributed by atoms with Crippen LogP contribution in [0.2, 0.25) is 0 Å². The first-order chi connectivity index (χ1) is 10.6. The fraction of sp³-hybridized carbons (Fsp3) is 0.438. The van der Waals surface area contributed by atoms with E-state index in [2.05, 4.69) is 10.4 Å². The number of nitrogens with zero attached hydrogens (tertiary/aromatic N) is 3. The summed E-state index contributed by atoms with van der Waals surface area (Å²) < 4.78 is 1.31. The van der Waals surface area contributed by atoms with Crippen molar-refractivity contribution in [2.24, 2.45) is 7.05 Å². The van der Waals surface area contributed by atoms with Crippen LogP contribution in [0.25, 0.3) is 10.8 Å². The Bertz CT molecular complexity index is 762. The summed E-state index contributed by atoms with van der Waals surface area (Å²) in [5, 5.41) is 8.92. The van der Waals surface area contributed by atoms with Gasteiger partial charge >= 0.3 is 0 Å². The summed E-state index contributed by atoms with van der Waals surface area (Å²) in [5.41, 5.74) is 0.514. The summed E-state index contributed by atoms with van der Waals surface area (Å²) in [6.45, 7) is 1.78. The molecular weight excluding hydrogens is 280 g/mol. The summed E-state index contributed by atoms with van der Waals surface area (Å²) in [6, 6.07) is 7.56. The third-order valence-electron chi connectivity index (χ3n) is 4.33. The second-order valence-electron chi connectivity index (χ2n) is 5.75. The Morgan fingerprint density at radius 1 is 1.41 bits per heavy atom. The van der Waals surface area contributed by atoms with Gasteiger partial charge in [-0.1, -0.05) is 18.2 Å². The molecule has 6 heteroatoms. The third-order valence-corrected chi connectivity index (χ3v) is 4.33. The van der Waals surface area contributed by atoms with Crippen molar-refractivity contribution in [3.8, 4) is 0 Å². The average Bonchev–Trinajstić information content (AvgIpc) is 3.06. The molecule has 1 unspecified atom stereocenters. The number of aromatic nitrogens is 2. The minimum absolute atomic E-state index is 0.0324. The fourth-order valence-electron chi connectivity index (χ4n) is 2.95. The highest BCUT2D eigenvalue weighted by Crippen LogP contribution is 2.15. The van der Waals surface area contributed by atoms with Gasteiger partial charge < -0.3 is 10.2 Å². The van der Waals surface area contributed by atoms with Crippen LogP contribution in [0.5, 0.6) is 0 Å². The number of hydrogen-bond donors (Lipinski definition) is 1. The van der Waals surface area contributed by atoms with Crippen molar-refractivity contribution in [2.45, 2.75) is 18.9 Å². The van der Waals surface area contributed by atoms with Gasteiger partial charge in [-0.25, -0.2) is 4.68 Å². The highest BCUT2D eigenvalue weighted by molar-refractivity contribution is 5.88. The standard InChI is InChI=1S/C16H20N4O2/c1-19(11-7-8-17-10-11)15(21)9-14-12-5-3-4-6-13(12)16(22)20(2)18-14/h3-6,11,17H,7-10H2,1-2H3. The first kappa shape index (κ1) is 14.7. The third kappa shape index (κ3) is 2.62. The Morgan fingerprint density at radius 2 is 2.14 bits per heavy atom. The van der Waals surface area contributed by atoms with Crippen molar-refractivity contribution < 1.29 is 4.79 Å². The molecule has 0 aliphatic carbocycles. The van der Waals surface area contributed by atoms with Crippen LogP contribution in [0.3, 0.4) is 0 Å². The summed E-state index contributed by atoms with van der Waals surface area (Å²) in [5.74, 6) is 0.0324. The Hall–Kier alpha value is -2.21. The lowest BCUT2D eigenvalue weighted by Gasteiger charge is -2.23. The van der Waals surface area contributed by atoms with Crippen molar-refractivity contribution in [3.05, 3.63) is 40.3 Å². The predicted molar refractivity (Wildman–Crippen MR) is 84.7 cm³/mol. The molecule has 1 fully saturated rings. The molecule has 3 rings (SSSR count). The lowest BCUT2D eigenvalue weighted by atomic mass is 10.1. The minimum Gasteiger partial charge on any atom is -0.341 e. The Balaban J connectivity index is 1.92. The molecule has 22 heavy (non-hydrogen) atoms. The maximum Gasteiger partial charge on any atom is 0.274 e. The zero-order valence-corrected chi connectivity index (χ0v) is 12.9. The molecule has 2 aromatic rings. The largest absolute Gasteiger partial charge is 0.341 e. The van der Waals surface area contributed by atoms with Crippen LogP contribution in [-0.4, -0.2) is 46.8 Å². The molecule has 1 N–H and O–H groups in total. The zero-order chi connectivity index (χ0) is 15.7. The van der Waals surface area contributed by atoms with E-state index in [9.17, 15) is 9.59 Å². The Morgan fingerprint density at radius 3 is 2.82 bits per heavy atom. The van der Waals surface area contributed by atoms with Crippen molar-refractivity contribution >= 4 is 16.7 Å². The van der Waals surface area contributed by atoms with Gasteiger partial charge in [-0.05, 0) is 19.0 Å². The van der Waals surface area contributed by atoms with Crippen LogP contribution in [0, 0.1) is 0 Å². The lowest BCUT2D eigenvalue weighted by Crippen LogP contribution is -2.39. The number of fused-ring (bicyclic) bond motifs is 1. The van der Waals surface area contributed by atoms with E-state index in [-0.39, 0.29) is 23.9 Å². The lowest BCUT2D eigenvalue weighted by molar-refractivity contribution is -0.130. The molecule has 1 aliphatic heterocycles. The molecule has 2 heterocycles. The van der Waals surface area contributed by atoms with Gasteiger partial charge in [0.05, 0.1) is 17.5 Å². The molecule has 0 bridgehead atoms. The second-order valence-corrected chi connectivity index (χ2v) is 5.75. The van der Waals surface area contributed by atoms with E-state index in [1.54, 1.807) is 18.0 Å². The molecule has 1 saturated heterocycles. The molecule has 1 aromatic heterocycles. The van der Waals surface area contributed by atoms with Crippen molar-refractivity contribution in [3.63, 3.8) is 0 Å². The summed E-state index contributed by atoms with van der Waals surface area (Å²) >= 11 is 0. The van der Waals surface area contributed by atoms with Gasteiger partial charge in [0.25, 0.3) is 5.56 Å². The first-order valence-corrected chi connectivity index (χ1v) is 7.49. The van der Waals surface area contributed by atoms with Crippen molar-refractivity contribution in [2.75, 3.05) is 20.1 Å². The van der Waals surface area contributed by atoms with Gasteiger partial charge in [0, 0.05) is 32.1 Å². The number of amides is 1. The smallest absolute Gasteiger partial charge is 0.274 e. The monoisotopic (exact) mass is 300 g/mol. The van der Waals surface area contributed by atoms with Crippen LogP contribution in [0.1, 0.15) is 12.1 Å². The van der Waals surface area contributed by atoms with Gasteiger partial charge in [-0.15, -0.1) is 0 Å². The quantitative estimate of drug-likeness (QED) is 0.885. The van der Waals surface area contributed by atoms with Gasteiger partial charge in [0.1, 0.15) is 0 Å². The van der Waals surface area contributed by atoms with Crippen LogP contribution in [-0.2, 0) is 18.3 Å². The molecule has 116 valence electrons. The number of likely N-dealkylation sites (N-methyl/N-ethyl adjacent to an activating group) is 1. The summed E-state index contributed by atoms with van der Waals surface area (Å²) in [7, 11) is 3.46. The fourth-order valence-corrected chi connectivity index (χ4v) is 2.95. The number of benzene rings is 1. The zero-order valence-electron chi connectivity index (χ0n) is 12.9. The highest BCUT2D eigenvalue weighted by atomic mass is 16.2. The Kier molecular flexibility index (Phi) is 3.94. The van der Waals surface area contributed by atoms with E-state index < -0.39 is 0 Å². The highest BCUT2D eigenvalue weighted by Gasteiger charge is 2.24. The number of hydrogen-bond acceptors (Lipinski definition) is 4. The van der Waals surface area contributed by atoms with Crippen molar-refractivity contribution in [1.29, 1.82) is 0 Å². The summed E-state index contributed by atoms with van der Waals surface area (Å²) in [4.78, 5) is 26.4. The van der Waals surface area contributed by atoms with Gasteiger partial charge in [-0.3, -0.25) is 9.59 Å². The molecule has 6 nitrogen and oxygen atoms in total. The van der Waals surface area contributed by atoms with E-state index in [0.29, 0.717) is 11.1 Å². The molecule has 0 radical (unpaired) electrons. The maximum atomic E-state index is 12.5. The van der Waals surface area contributed by atoms with Gasteiger partial charge in [0.2, 0.25) is 5.91 Å². The molecule has 1 amide bonds. The van der Waals surface area contributed by atoms with Crippen LogP contribution >= 0.6 is 0 Å². The molecule has 1 aromatic carbocycles.